The Kier molecular flexibility index (Phi) is 3.58. The van der Waals surface area contributed by atoms with Gasteiger partial charge in [0.2, 0.25) is 10.0 Å². The first-order valence-corrected chi connectivity index (χ1v) is 13.8. The molecule has 0 spiro atoms. The first-order chi connectivity index (χ1) is 16.5. The number of H-pyrrole nitrogens is 2. The van der Waals surface area contributed by atoms with E-state index >= 15 is 0 Å². The normalized spacial score (nSPS) is 30.2. The van der Waals surface area contributed by atoms with Crippen molar-refractivity contribution in [1.82, 2.24) is 20.4 Å². The monoisotopic (exact) mass is 474 g/mol. The van der Waals surface area contributed by atoms with Crippen LogP contribution >= 0.6 is 0 Å². The highest BCUT2D eigenvalue weighted by atomic mass is 32.2. The van der Waals surface area contributed by atoms with Gasteiger partial charge >= 0.3 is 0 Å². The van der Waals surface area contributed by atoms with Crippen LogP contribution in [0.1, 0.15) is 55.2 Å². The molecule has 0 saturated heterocycles. The Morgan fingerprint density at radius 1 is 0.971 bits per heavy atom. The molecule has 2 aromatic heterocycles. The predicted octanol–water partition coefficient (Wildman–Crippen LogP) is 4.20. The maximum atomic E-state index is 14.1. The van der Waals surface area contributed by atoms with Crippen molar-refractivity contribution in [3.05, 3.63) is 47.7 Å². The van der Waals surface area contributed by atoms with Crippen LogP contribution < -0.4 is 10.0 Å². The number of nitrogen functional groups attached to an aromatic ring is 1. The predicted molar refractivity (Wildman–Crippen MR) is 131 cm³/mol. The molecule has 3 heterocycles. The molecule has 0 amide bonds. The van der Waals surface area contributed by atoms with Gasteiger partial charge in [0.1, 0.15) is 0 Å². The average Bonchev–Trinajstić information content (AvgIpc) is 3.17. The maximum absolute atomic E-state index is 14.1. The van der Waals surface area contributed by atoms with E-state index in [2.05, 4.69) is 32.5 Å². The topological polar surface area (TPSA) is 121 Å². The van der Waals surface area contributed by atoms with Gasteiger partial charge in [-0.1, -0.05) is 6.07 Å². The SMILES string of the molecule is Nc1n[nH]c2ccc([C@H]3[C@@H]4C5CC[C@H](C5)[C@@H]4c4c(ccc5[nH]ncc45)N3S(=O)(=O)C3CC3)cc12. The van der Waals surface area contributed by atoms with Crippen LogP contribution in [0.15, 0.2) is 36.5 Å². The lowest BCUT2D eigenvalue weighted by atomic mass is 9.67. The van der Waals surface area contributed by atoms with Gasteiger partial charge in [0, 0.05) is 10.8 Å². The highest BCUT2D eigenvalue weighted by molar-refractivity contribution is 7.93. The highest BCUT2D eigenvalue weighted by Gasteiger charge is 2.59. The largest absolute Gasteiger partial charge is 0.382 e. The Morgan fingerprint density at radius 3 is 2.62 bits per heavy atom. The summed E-state index contributed by atoms with van der Waals surface area (Å²) in [5.41, 5.74) is 11.1. The summed E-state index contributed by atoms with van der Waals surface area (Å²) >= 11 is 0. The molecular formula is C25H26N6O2S. The molecule has 9 heteroatoms. The molecule has 4 N–H and O–H groups in total. The second-order valence-electron chi connectivity index (χ2n) is 10.7. The first kappa shape index (κ1) is 19.3. The molecule has 5 atom stereocenters. The molecule has 1 aliphatic heterocycles. The molecule has 4 aromatic rings. The summed E-state index contributed by atoms with van der Waals surface area (Å²) in [5, 5.41) is 16.2. The number of nitrogens with zero attached hydrogens (tertiary/aromatic N) is 3. The third-order valence-electron chi connectivity index (χ3n) is 8.99. The highest BCUT2D eigenvalue weighted by Crippen LogP contribution is 2.67. The second-order valence-corrected chi connectivity index (χ2v) is 12.8. The van der Waals surface area contributed by atoms with E-state index in [1.807, 2.05) is 28.7 Å². The maximum Gasteiger partial charge on any atom is 0.238 e. The minimum Gasteiger partial charge on any atom is -0.382 e. The summed E-state index contributed by atoms with van der Waals surface area (Å²) in [6, 6.07) is 9.89. The summed E-state index contributed by atoms with van der Waals surface area (Å²) in [6.07, 6.45) is 6.93. The number of nitrogens with two attached hydrogens (primary N) is 1. The van der Waals surface area contributed by atoms with Gasteiger partial charge in [-0.25, -0.2) is 8.42 Å². The Labute approximate surface area is 196 Å². The Bertz CT molecular complexity index is 1590. The van der Waals surface area contributed by atoms with Crippen LogP contribution in [0.4, 0.5) is 11.5 Å². The molecule has 3 fully saturated rings. The first-order valence-electron chi connectivity index (χ1n) is 12.2. The van der Waals surface area contributed by atoms with Crippen molar-refractivity contribution in [2.45, 2.75) is 49.3 Å². The van der Waals surface area contributed by atoms with E-state index in [-0.39, 0.29) is 17.2 Å². The van der Waals surface area contributed by atoms with Crippen LogP contribution in [0.3, 0.4) is 0 Å². The number of anilines is 2. The summed E-state index contributed by atoms with van der Waals surface area (Å²) in [6.45, 7) is 0. The van der Waals surface area contributed by atoms with Crippen LogP contribution in [0.5, 0.6) is 0 Å². The Balaban J connectivity index is 1.44. The van der Waals surface area contributed by atoms with Crippen molar-refractivity contribution < 1.29 is 8.42 Å². The molecule has 3 aliphatic carbocycles. The molecule has 0 radical (unpaired) electrons. The van der Waals surface area contributed by atoms with Crippen LogP contribution in [0, 0.1) is 17.8 Å². The number of aromatic nitrogens is 4. The minimum atomic E-state index is -3.51. The summed E-state index contributed by atoms with van der Waals surface area (Å²) in [7, 11) is -3.51. The van der Waals surface area contributed by atoms with E-state index in [1.165, 1.54) is 24.8 Å². The second kappa shape index (κ2) is 6.33. The molecule has 34 heavy (non-hydrogen) atoms. The summed E-state index contributed by atoms with van der Waals surface area (Å²) < 4.78 is 30.0. The molecule has 3 saturated carbocycles. The molecule has 8 nitrogen and oxygen atoms in total. The van der Waals surface area contributed by atoms with E-state index in [9.17, 15) is 8.42 Å². The van der Waals surface area contributed by atoms with Gasteiger partial charge in [-0.05, 0) is 91.2 Å². The number of sulfonamides is 1. The van der Waals surface area contributed by atoms with Gasteiger partial charge in [-0.15, -0.1) is 0 Å². The lowest BCUT2D eigenvalue weighted by Gasteiger charge is -2.49. The molecule has 2 aromatic carbocycles. The van der Waals surface area contributed by atoms with E-state index in [0.717, 1.165) is 45.9 Å². The number of benzene rings is 2. The number of hydrogen-bond donors (Lipinski definition) is 3. The standard InChI is InChI=1S/C25H26N6O2S/c26-25-16-10-14(3-6-18(16)29-30-25)24-22-13-2-1-12(9-13)21(22)23-17-11-27-28-19(17)7-8-20(23)31(24)34(32,33)15-4-5-15/h3,6-8,10-13,15,21-22,24H,1-2,4-5,9H2,(H,27,28)(H3,26,29,30)/t12-,13?,21+,22-,24+/m1/s1. The van der Waals surface area contributed by atoms with E-state index in [1.54, 1.807) is 0 Å². The fraction of sp³-hybridized carbons (Fsp3) is 0.440. The van der Waals surface area contributed by atoms with Gasteiger partial charge in [-0.2, -0.15) is 10.2 Å². The number of aromatic amines is 2. The van der Waals surface area contributed by atoms with E-state index < -0.39 is 10.0 Å². The van der Waals surface area contributed by atoms with Crippen molar-refractivity contribution in [3.63, 3.8) is 0 Å². The minimum absolute atomic E-state index is 0.235. The fourth-order valence-corrected chi connectivity index (χ4v) is 9.58. The molecular weight excluding hydrogens is 448 g/mol. The Hall–Kier alpha value is -3.07. The molecule has 4 aliphatic rings. The van der Waals surface area contributed by atoms with Crippen molar-refractivity contribution in [3.8, 4) is 0 Å². The van der Waals surface area contributed by atoms with Gasteiger partial charge in [0.05, 0.1) is 34.2 Å². The van der Waals surface area contributed by atoms with Crippen LogP contribution in [0.25, 0.3) is 21.8 Å². The molecule has 1 unspecified atom stereocenters. The zero-order valence-corrected chi connectivity index (χ0v) is 19.4. The summed E-state index contributed by atoms with van der Waals surface area (Å²) in [5.74, 6) is 2.14. The third-order valence-corrected chi connectivity index (χ3v) is 11.3. The Morgan fingerprint density at radius 2 is 1.76 bits per heavy atom. The number of fused-ring (bicyclic) bond motifs is 10. The zero-order valence-electron chi connectivity index (χ0n) is 18.6. The number of rotatable bonds is 3. The van der Waals surface area contributed by atoms with Crippen molar-refractivity contribution in [2.75, 3.05) is 10.0 Å². The lowest BCUT2D eigenvalue weighted by Crippen LogP contribution is -2.47. The molecule has 174 valence electrons. The van der Waals surface area contributed by atoms with Crippen LogP contribution in [-0.4, -0.2) is 34.1 Å². The lowest BCUT2D eigenvalue weighted by molar-refractivity contribution is 0.238. The van der Waals surface area contributed by atoms with E-state index in [0.29, 0.717) is 23.6 Å². The molecule has 8 rings (SSSR count). The quantitative estimate of drug-likeness (QED) is 0.411. The molecule has 2 bridgehead atoms. The smallest absolute Gasteiger partial charge is 0.238 e. The van der Waals surface area contributed by atoms with Crippen molar-refractivity contribution >= 4 is 43.3 Å². The van der Waals surface area contributed by atoms with Crippen LogP contribution in [0.2, 0.25) is 0 Å². The van der Waals surface area contributed by atoms with Gasteiger partial charge in [0.15, 0.2) is 5.82 Å². The summed E-state index contributed by atoms with van der Waals surface area (Å²) in [4.78, 5) is 0. The zero-order chi connectivity index (χ0) is 22.8. The van der Waals surface area contributed by atoms with Gasteiger partial charge in [0.25, 0.3) is 0 Å². The van der Waals surface area contributed by atoms with Gasteiger partial charge in [-0.3, -0.25) is 14.5 Å². The van der Waals surface area contributed by atoms with E-state index in [4.69, 9.17) is 5.73 Å². The van der Waals surface area contributed by atoms with Gasteiger partial charge < -0.3 is 5.73 Å². The van der Waals surface area contributed by atoms with Crippen molar-refractivity contribution in [2.24, 2.45) is 17.8 Å². The van der Waals surface area contributed by atoms with Crippen LogP contribution in [-0.2, 0) is 10.0 Å². The van der Waals surface area contributed by atoms with Crippen molar-refractivity contribution in [1.29, 1.82) is 0 Å². The fourth-order valence-electron chi connectivity index (χ4n) is 7.51. The number of nitrogens with one attached hydrogen (secondary N) is 2. The average molecular weight is 475 g/mol. The number of hydrogen-bond acceptors (Lipinski definition) is 5. The third kappa shape index (κ3) is 2.35.